The first-order valence-corrected chi connectivity index (χ1v) is 9.85. The molecule has 20 heavy (non-hydrogen) atoms. The molecule has 1 aliphatic rings. The van der Waals surface area contributed by atoms with Crippen LogP contribution < -0.4 is 0 Å². The Balaban J connectivity index is 2.14. The van der Waals surface area contributed by atoms with E-state index in [2.05, 4.69) is 4.98 Å². The third kappa shape index (κ3) is 2.54. The maximum Gasteiger partial charge on any atom is 0.178 e. The van der Waals surface area contributed by atoms with E-state index in [-0.39, 0.29) is 0 Å². The van der Waals surface area contributed by atoms with Crippen LogP contribution >= 0.6 is 24.0 Å². The fraction of sp³-hybridized carbons (Fsp3) is 0.462. The number of H-pyrrole nitrogens is 1. The molecule has 1 saturated heterocycles. The van der Waals surface area contributed by atoms with Crippen molar-refractivity contribution in [2.24, 2.45) is 0 Å². The summed E-state index contributed by atoms with van der Waals surface area (Å²) >= 11 is 7.34. The van der Waals surface area contributed by atoms with Gasteiger partial charge in [-0.1, -0.05) is 6.07 Å². The minimum absolute atomic E-state index is 0.318. The van der Waals surface area contributed by atoms with Crippen molar-refractivity contribution < 1.29 is 8.42 Å². The highest BCUT2D eigenvalue weighted by atomic mass is 32.2. The number of hydrogen-bond acceptors (Lipinski definition) is 4. The molecule has 0 bridgehead atoms. The normalized spacial score (nSPS) is 19.8. The lowest BCUT2D eigenvalue weighted by Crippen LogP contribution is -2.09. The molecule has 1 N–H and O–H groups in total. The largest absolute Gasteiger partial charge is 0.329 e. The summed E-state index contributed by atoms with van der Waals surface area (Å²) in [5, 5.41) is 0.572. The summed E-state index contributed by atoms with van der Waals surface area (Å²) in [6.45, 7) is 0.844. The van der Waals surface area contributed by atoms with Crippen LogP contribution in [-0.4, -0.2) is 35.2 Å². The van der Waals surface area contributed by atoms with Gasteiger partial charge in [0.25, 0.3) is 0 Å². The molecule has 1 atom stereocenters. The molecule has 1 aliphatic heterocycles. The molecule has 0 aliphatic carbocycles. The number of aromatic nitrogens is 2. The molecule has 1 unspecified atom stereocenters. The lowest BCUT2D eigenvalue weighted by Gasteiger charge is -2.10. The number of benzene rings is 1. The summed E-state index contributed by atoms with van der Waals surface area (Å²) in [4.78, 5) is 3.38. The van der Waals surface area contributed by atoms with Gasteiger partial charge >= 0.3 is 0 Å². The molecular formula is C13H16N2O2S3. The van der Waals surface area contributed by atoms with Gasteiger partial charge in [-0.25, -0.2) is 8.42 Å². The lowest BCUT2D eigenvalue weighted by molar-refractivity contribution is 0.602. The summed E-state index contributed by atoms with van der Waals surface area (Å²) < 4.78 is 26.3. The second-order valence-electron chi connectivity index (χ2n) is 5.10. The fourth-order valence-corrected chi connectivity index (χ4v) is 5.02. The van der Waals surface area contributed by atoms with E-state index >= 15 is 0 Å². The Hall–Kier alpha value is -0.790. The van der Waals surface area contributed by atoms with Gasteiger partial charge in [-0.3, -0.25) is 0 Å². The second-order valence-corrected chi connectivity index (χ2v) is 8.88. The van der Waals surface area contributed by atoms with Crippen LogP contribution in [-0.2, 0) is 16.4 Å². The Labute approximate surface area is 127 Å². The predicted molar refractivity (Wildman–Crippen MR) is 85.7 cm³/mol. The number of fused-ring (bicyclic) bond motifs is 1. The van der Waals surface area contributed by atoms with Gasteiger partial charge in [0.1, 0.15) is 0 Å². The minimum Gasteiger partial charge on any atom is -0.329 e. The van der Waals surface area contributed by atoms with E-state index in [1.807, 2.05) is 22.4 Å². The lowest BCUT2D eigenvalue weighted by atomic mass is 10.2. The third-order valence-corrected chi connectivity index (χ3v) is 6.42. The zero-order valence-corrected chi connectivity index (χ0v) is 13.6. The van der Waals surface area contributed by atoms with E-state index in [1.165, 1.54) is 24.9 Å². The number of nitrogens with one attached hydrogen (secondary N) is 1. The van der Waals surface area contributed by atoms with Gasteiger partial charge in [0.05, 0.1) is 15.9 Å². The number of para-hydroxylation sites is 1. The Morgan fingerprint density at radius 1 is 1.50 bits per heavy atom. The SMILES string of the molecule is CS(=O)(=O)c1cccc2c1[nH]c(=S)n2CC1CCCS1. The van der Waals surface area contributed by atoms with Crippen LogP contribution in [0.4, 0.5) is 0 Å². The molecular weight excluding hydrogens is 312 g/mol. The van der Waals surface area contributed by atoms with Crippen LogP contribution in [0.3, 0.4) is 0 Å². The molecule has 108 valence electrons. The first kappa shape index (κ1) is 14.2. The van der Waals surface area contributed by atoms with E-state index in [0.29, 0.717) is 20.4 Å². The molecule has 2 aromatic rings. The van der Waals surface area contributed by atoms with Gasteiger partial charge in [0.15, 0.2) is 14.6 Å². The topological polar surface area (TPSA) is 54.9 Å². The molecule has 0 saturated carbocycles. The predicted octanol–water partition coefficient (Wildman–Crippen LogP) is 3.00. The molecule has 1 fully saturated rings. The number of rotatable bonds is 3. The molecule has 1 aromatic carbocycles. The maximum absolute atomic E-state index is 11.8. The molecule has 3 rings (SSSR count). The van der Waals surface area contributed by atoms with Gasteiger partial charge in [0.2, 0.25) is 0 Å². The van der Waals surface area contributed by atoms with Gasteiger partial charge in [-0.05, 0) is 42.9 Å². The highest BCUT2D eigenvalue weighted by molar-refractivity contribution is 8.00. The standard InChI is InChI=1S/C13H16N2O2S3/c1-20(16,17)11-6-2-5-10-12(11)14-13(18)15(10)8-9-4-3-7-19-9/h2,5-6,9H,3-4,7-8H2,1H3,(H,14,18). The average Bonchev–Trinajstić information content (AvgIpc) is 2.97. The second kappa shape index (κ2) is 5.20. The van der Waals surface area contributed by atoms with Crippen molar-refractivity contribution in [1.82, 2.24) is 9.55 Å². The zero-order valence-electron chi connectivity index (χ0n) is 11.1. The van der Waals surface area contributed by atoms with Crippen molar-refractivity contribution in [3.8, 4) is 0 Å². The first-order valence-electron chi connectivity index (χ1n) is 6.50. The number of hydrogen-bond donors (Lipinski definition) is 1. The summed E-state index contributed by atoms with van der Waals surface area (Å²) in [6, 6.07) is 5.33. The van der Waals surface area contributed by atoms with Crippen LogP contribution in [0.1, 0.15) is 12.8 Å². The monoisotopic (exact) mass is 328 g/mol. The van der Waals surface area contributed by atoms with E-state index in [9.17, 15) is 8.42 Å². The Morgan fingerprint density at radius 3 is 2.95 bits per heavy atom. The summed E-state index contributed by atoms with van der Waals surface area (Å²) in [5.74, 6) is 1.20. The number of thioether (sulfide) groups is 1. The molecule has 0 spiro atoms. The van der Waals surface area contributed by atoms with Gasteiger partial charge in [-0.15, -0.1) is 0 Å². The van der Waals surface area contributed by atoms with Crippen LogP contribution in [0.25, 0.3) is 11.0 Å². The smallest absolute Gasteiger partial charge is 0.178 e. The van der Waals surface area contributed by atoms with Gasteiger partial charge in [-0.2, -0.15) is 11.8 Å². The molecule has 0 radical (unpaired) electrons. The van der Waals surface area contributed by atoms with Crippen molar-refractivity contribution in [3.05, 3.63) is 23.0 Å². The Morgan fingerprint density at radius 2 is 2.30 bits per heavy atom. The molecule has 4 nitrogen and oxygen atoms in total. The minimum atomic E-state index is -3.26. The Bertz CT molecular complexity index is 799. The number of nitrogens with zero attached hydrogens (tertiary/aromatic N) is 1. The van der Waals surface area contributed by atoms with Crippen LogP contribution in [0.15, 0.2) is 23.1 Å². The molecule has 1 aromatic heterocycles. The maximum atomic E-state index is 11.8. The van der Waals surface area contributed by atoms with E-state index in [4.69, 9.17) is 12.2 Å². The summed E-state index contributed by atoms with van der Waals surface area (Å²) in [7, 11) is -3.26. The third-order valence-electron chi connectivity index (χ3n) is 3.58. The van der Waals surface area contributed by atoms with Crippen molar-refractivity contribution in [2.75, 3.05) is 12.0 Å². The van der Waals surface area contributed by atoms with Gasteiger partial charge in [0, 0.05) is 18.1 Å². The van der Waals surface area contributed by atoms with E-state index < -0.39 is 9.84 Å². The van der Waals surface area contributed by atoms with E-state index in [0.717, 1.165) is 12.1 Å². The number of imidazole rings is 1. The Kier molecular flexibility index (Phi) is 3.68. The summed E-state index contributed by atoms with van der Waals surface area (Å²) in [5.41, 5.74) is 1.51. The van der Waals surface area contributed by atoms with Crippen molar-refractivity contribution >= 4 is 44.9 Å². The van der Waals surface area contributed by atoms with Crippen molar-refractivity contribution in [2.45, 2.75) is 29.5 Å². The fourth-order valence-electron chi connectivity index (χ4n) is 2.64. The number of sulfone groups is 1. The highest BCUT2D eigenvalue weighted by Gasteiger charge is 2.20. The van der Waals surface area contributed by atoms with Crippen LogP contribution in [0, 0.1) is 4.77 Å². The van der Waals surface area contributed by atoms with Crippen molar-refractivity contribution in [1.29, 1.82) is 0 Å². The van der Waals surface area contributed by atoms with Gasteiger partial charge < -0.3 is 9.55 Å². The molecule has 0 amide bonds. The number of aromatic amines is 1. The first-order chi connectivity index (χ1) is 9.47. The molecule has 7 heteroatoms. The quantitative estimate of drug-likeness (QED) is 0.880. The molecule has 2 heterocycles. The average molecular weight is 328 g/mol. The van der Waals surface area contributed by atoms with Crippen molar-refractivity contribution in [3.63, 3.8) is 0 Å². The van der Waals surface area contributed by atoms with Crippen LogP contribution in [0.5, 0.6) is 0 Å². The van der Waals surface area contributed by atoms with E-state index in [1.54, 1.807) is 12.1 Å². The highest BCUT2D eigenvalue weighted by Crippen LogP contribution is 2.29. The summed E-state index contributed by atoms with van der Waals surface area (Å²) in [6.07, 6.45) is 3.67. The zero-order chi connectivity index (χ0) is 14.3. The van der Waals surface area contributed by atoms with Crippen LogP contribution in [0.2, 0.25) is 0 Å².